The van der Waals surface area contributed by atoms with Crippen molar-refractivity contribution in [2.75, 3.05) is 18.4 Å². The van der Waals surface area contributed by atoms with Crippen LogP contribution < -0.4 is 10.9 Å². The predicted molar refractivity (Wildman–Crippen MR) is 105 cm³/mol. The molecule has 0 aliphatic carbocycles. The molecule has 1 unspecified atom stereocenters. The minimum Gasteiger partial charge on any atom is -0.368 e. The molecule has 3 aromatic rings. The third-order valence-corrected chi connectivity index (χ3v) is 5.11. The maximum absolute atomic E-state index is 12.4. The van der Waals surface area contributed by atoms with Gasteiger partial charge in [0.1, 0.15) is 5.82 Å². The van der Waals surface area contributed by atoms with E-state index in [1.54, 1.807) is 0 Å². The monoisotopic (exact) mass is 348 g/mol. The number of aryl methyl sites for hydroxylation is 1. The number of H-pyrrole nitrogens is 1. The lowest BCUT2D eigenvalue weighted by atomic mass is 10.1. The van der Waals surface area contributed by atoms with Gasteiger partial charge in [0.05, 0.1) is 0 Å². The quantitative estimate of drug-likeness (QED) is 0.743. The Balaban J connectivity index is 1.47. The lowest BCUT2D eigenvalue weighted by molar-refractivity contribution is 0.253. The standard InChI is InChI=1S/C21H24N4O/c1-15-6-4-10-20(23-15)22-13-18-8-5-11-25(18)14-17-12-16-7-2-3-9-19(16)24-21(17)26/h2-4,6-7,9-10,12,18H,5,8,11,13-14H2,1H3,(H,22,23)(H,24,26). The fraction of sp³-hybridized carbons (Fsp3) is 0.333. The fourth-order valence-corrected chi connectivity index (χ4v) is 3.73. The van der Waals surface area contributed by atoms with Crippen LogP contribution in [-0.2, 0) is 6.54 Å². The summed E-state index contributed by atoms with van der Waals surface area (Å²) in [4.78, 5) is 22.4. The van der Waals surface area contributed by atoms with E-state index in [2.05, 4.69) is 20.2 Å². The molecule has 134 valence electrons. The topological polar surface area (TPSA) is 61.0 Å². The van der Waals surface area contributed by atoms with E-state index in [-0.39, 0.29) is 5.56 Å². The molecule has 26 heavy (non-hydrogen) atoms. The number of anilines is 1. The van der Waals surface area contributed by atoms with Crippen LogP contribution in [0.5, 0.6) is 0 Å². The van der Waals surface area contributed by atoms with E-state index in [0.29, 0.717) is 12.6 Å². The second kappa shape index (κ2) is 7.30. The number of para-hydroxylation sites is 1. The fourth-order valence-electron chi connectivity index (χ4n) is 3.73. The van der Waals surface area contributed by atoms with Gasteiger partial charge in [-0.1, -0.05) is 24.3 Å². The highest BCUT2D eigenvalue weighted by Gasteiger charge is 2.25. The minimum absolute atomic E-state index is 0.0164. The summed E-state index contributed by atoms with van der Waals surface area (Å²) in [6.07, 6.45) is 2.31. The molecular formula is C21H24N4O. The van der Waals surface area contributed by atoms with Crippen LogP contribution in [-0.4, -0.2) is 34.0 Å². The molecule has 0 saturated carbocycles. The maximum atomic E-state index is 12.4. The molecule has 1 atom stereocenters. The van der Waals surface area contributed by atoms with Crippen molar-refractivity contribution >= 4 is 16.7 Å². The molecule has 2 aromatic heterocycles. The molecule has 0 amide bonds. The maximum Gasteiger partial charge on any atom is 0.252 e. The zero-order valence-corrected chi connectivity index (χ0v) is 15.0. The Kier molecular flexibility index (Phi) is 4.71. The Hall–Kier alpha value is -2.66. The first-order valence-corrected chi connectivity index (χ1v) is 9.21. The van der Waals surface area contributed by atoms with Gasteiger partial charge in [0.2, 0.25) is 0 Å². The van der Waals surface area contributed by atoms with Crippen LogP contribution in [0.15, 0.2) is 53.3 Å². The number of rotatable bonds is 5. The number of hydrogen-bond acceptors (Lipinski definition) is 4. The van der Waals surface area contributed by atoms with Crippen molar-refractivity contribution in [1.82, 2.24) is 14.9 Å². The third kappa shape index (κ3) is 3.63. The minimum atomic E-state index is 0.0164. The van der Waals surface area contributed by atoms with E-state index >= 15 is 0 Å². The van der Waals surface area contributed by atoms with Crippen molar-refractivity contribution in [2.24, 2.45) is 0 Å². The second-order valence-electron chi connectivity index (χ2n) is 7.02. The molecule has 3 heterocycles. The largest absolute Gasteiger partial charge is 0.368 e. The van der Waals surface area contributed by atoms with E-state index in [9.17, 15) is 4.79 Å². The van der Waals surface area contributed by atoms with Gasteiger partial charge < -0.3 is 10.3 Å². The number of benzene rings is 1. The first kappa shape index (κ1) is 16.8. The van der Waals surface area contributed by atoms with E-state index in [4.69, 9.17) is 0 Å². The van der Waals surface area contributed by atoms with Gasteiger partial charge in [-0.05, 0) is 56.0 Å². The molecule has 0 bridgehead atoms. The first-order valence-electron chi connectivity index (χ1n) is 9.21. The normalized spacial score (nSPS) is 17.7. The smallest absolute Gasteiger partial charge is 0.252 e. The summed E-state index contributed by atoms with van der Waals surface area (Å²) in [6, 6.07) is 16.4. The van der Waals surface area contributed by atoms with Crippen molar-refractivity contribution in [2.45, 2.75) is 32.4 Å². The van der Waals surface area contributed by atoms with Gasteiger partial charge in [-0.25, -0.2) is 4.98 Å². The molecule has 4 rings (SSSR count). The summed E-state index contributed by atoms with van der Waals surface area (Å²) in [5.41, 5.74) is 2.76. The highest BCUT2D eigenvalue weighted by atomic mass is 16.1. The molecule has 5 heteroatoms. The Bertz CT molecular complexity index is 965. The zero-order chi connectivity index (χ0) is 17.9. The molecule has 1 aliphatic heterocycles. The molecule has 2 N–H and O–H groups in total. The summed E-state index contributed by atoms with van der Waals surface area (Å²) in [5.74, 6) is 0.917. The number of aromatic amines is 1. The molecule has 1 aliphatic rings. The Morgan fingerprint density at radius 3 is 3.00 bits per heavy atom. The van der Waals surface area contributed by atoms with E-state index < -0.39 is 0 Å². The van der Waals surface area contributed by atoms with Crippen LogP contribution in [0.3, 0.4) is 0 Å². The number of likely N-dealkylation sites (tertiary alicyclic amines) is 1. The van der Waals surface area contributed by atoms with Crippen LogP contribution in [0.2, 0.25) is 0 Å². The molecule has 0 spiro atoms. The number of nitrogens with zero attached hydrogens (tertiary/aromatic N) is 2. The summed E-state index contributed by atoms with van der Waals surface area (Å²) in [7, 11) is 0. The highest BCUT2D eigenvalue weighted by Crippen LogP contribution is 2.21. The summed E-state index contributed by atoms with van der Waals surface area (Å²) in [6.45, 7) is 4.56. The van der Waals surface area contributed by atoms with Crippen LogP contribution in [0.1, 0.15) is 24.1 Å². The average molecular weight is 348 g/mol. The van der Waals surface area contributed by atoms with E-state index in [1.807, 2.05) is 55.5 Å². The summed E-state index contributed by atoms with van der Waals surface area (Å²) in [5, 5.41) is 4.53. The average Bonchev–Trinajstić information content (AvgIpc) is 3.08. The van der Waals surface area contributed by atoms with Gasteiger partial charge >= 0.3 is 0 Å². The van der Waals surface area contributed by atoms with E-state index in [1.165, 1.54) is 6.42 Å². The SMILES string of the molecule is Cc1cccc(NCC2CCCN2Cc2cc3ccccc3[nH]c2=O)n1. The Morgan fingerprint density at radius 1 is 1.23 bits per heavy atom. The third-order valence-electron chi connectivity index (χ3n) is 5.11. The number of pyridine rings is 2. The van der Waals surface area contributed by atoms with Crippen LogP contribution in [0.4, 0.5) is 5.82 Å². The predicted octanol–water partition coefficient (Wildman–Crippen LogP) is 3.31. The van der Waals surface area contributed by atoms with Crippen LogP contribution in [0.25, 0.3) is 10.9 Å². The number of hydrogen-bond donors (Lipinski definition) is 2. The van der Waals surface area contributed by atoms with Gasteiger partial charge in [-0.2, -0.15) is 0 Å². The van der Waals surface area contributed by atoms with Crippen molar-refractivity contribution in [3.8, 4) is 0 Å². The molecular weight excluding hydrogens is 324 g/mol. The van der Waals surface area contributed by atoms with Gasteiger partial charge in [-0.15, -0.1) is 0 Å². The van der Waals surface area contributed by atoms with Gasteiger partial charge in [0, 0.05) is 35.9 Å². The number of nitrogens with one attached hydrogen (secondary N) is 2. The molecule has 0 radical (unpaired) electrons. The Morgan fingerprint density at radius 2 is 2.12 bits per heavy atom. The molecule has 1 aromatic carbocycles. The lowest BCUT2D eigenvalue weighted by Gasteiger charge is -2.24. The number of fused-ring (bicyclic) bond motifs is 1. The summed E-state index contributed by atoms with van der Waals surface area (Å²) >= 11 is 0. The van der Waals surface area contributed by atoms with Crippen molar-refractivity contribution in [3.05, 3.63) is 70.1 Å². The number of aromatic nitrogens is 2. The van der Waals surface area contributed by atoms with Gasteiger partial charge in [0.15, 0.2) is 0 Å². The van der Waals surface area contributed by atoms with E-state index in [0.717, 1.165) is 47.5 Å². The highest BCUT2D eigenvalue weighted by molar-refractivity contribution is 5.78. The lowest BCUT2D eigenvalue weighted by Crippen LogP contribution is -2.36. The van der Waals surface area contributed by atoms with Crippen molar-refractivity contribution in [1.29, 1.82) is 0 Å². The van der Waals surface area contributed by atoms with Gasteiger partial charge in [-0.3, -0.25) is 9.69 Å². The van der Waals surface area contributed by atoms with Crippen molar-refractivity contribution in [3.63, 3.8) is 0 Å². The van der Waals surface area contributed by atoms with Crippen LogP contribution in [0, 0.1) is 6.92 Å². The molecule has 1 fully saturated rings. The first-order chi connectivity index (χ1) is 12.7. The summed E-state index contributed by atoms with van der Waals surface area (Å²) < 4.78 is 0. The molecule has 1 saturated heterocycles. The second-order valence-corrected chi connectivity index (χ2v) is 7.02. The Labute approximate surface area is 153 Å². The zero-order valence-electron chi connectivity index (χ0n) is 15.0. The van der Waals surface area contributed by atoms with Crippen molar-refractivity contribution < 1.29 is 0 Å². The van der Waals surface area contributed by atoms with Gasteiger partial charge in [0.25, 0.3) is 5.56 Å². The van der Waals surface area contributed by atoms with Crippen LogP contribution >= 0.6 is 0 Å². The molecule has 5 nitrogen and oxygen atoms in total.